The third kappa shape index (κ3) is 1.47. The first-order valence-electron chi connectivity index (χ1n) is 4.73. The third-order valence-corrected chi connectivity index (χ3v) is 2.54. The van der Waals surface area contributed by atoms with Gasteiger partial charge in [-0.15, -0.1) is 0 Å². The number of aromatic nitrogens is 1. The first-order valence-corrected chi connectivity index (χ1v) is 4.73. The zero-order chi connectivity index (χ0) is 11.2. The monoisotopic (exact) mass is 205 g/mol. The standard InChI is InChI=1S/C11H11NO3/c1-6-3-7(2)5-12(4-6)8-9(13)11(15)10(8)14/h3-5,8-9H,1-2H3. The highest BCUT2D eigenvalue weighted by atomic mass is 16.3. The van der Waals surface area contributed by atoms with E-state index in [2.05, 4.69) is 0 Å². The van der Waals surface area contributed by atoms with Gasteiger partial charge in [0, 0.05) is 17.2 Å². The number of aryl methyl sites for hydroxylation is 2. The number of carbonyl (C=O) groups is 2. The number of hydrogen-bond acceptors (Lipinski definition) is 3. The average molecular weight is 205 g/mol. The van der Waals surface area contributed by atoms with Gasteiger partial charge < -0.3 is 5.11 Å². The van der Waals surface area contributed by atoms with Crippen LogP contribution in [0.3, 0.4) is 0 Å². The molecule has 0 saturated heterocycles. The van der Waals surface area contributed by atoms with Crippen LogP contribution in [0.4, 0.5) is 0 Å². The van der Waals surface area contributed by atoms with Crippen molar-refractivity contribution in [3.63, 3.8) is 0 Å². The van der Waals surface area contributed by atoms with E-state index < -0.39 is 23.7 Å². The molecule has 1 fully saturated rings. The Kier molecular flexibility index (Phi) is 2.16. The molecule has 2 unspecified atom stereocenters. The molecule has 0 amide bonds. The van der Waals surface area contributed by atoms with E-state index in [1.54, 1.807) is 17.0 Å². The van der Waals surface area contributed by atoms with Gasteiger partial charge in [-0.3, -0.25) is 9.59 Å². The van der Waals surface area contributed by atoms with Gasteiger partial charge in [0.2, 0.25) is 6.04 Å². The summed E-state index contributed by atoms with van der Waals surface area (Å²) in [6, 6.07) is 1.11. The first kappa shape index (κ1) is 9.98. The fourth-order valence-electron chi connectivity index (χ4n) is 1.86. The van der Waals surface area contributed by atoms with Crippen molar-refractivity contribution in [1.29, 1.82) is 0 Å². The van der Waals surface area contributed by atoms with Crippen LogP contribution in [0.2, 0.25) is 0 Å². The van der Waals surface area contributed by atoms with Crippen molar-refractivity contribution in [2.45, 2.75) is 26.0 Å². The number of carbonyl (C=O) groups excluding carboxylic acids is 2. The lowest BCUT2D eigenvalue weighted by Crippen LogP contribution is -2.68. The van der Waals surface area contributed by atoms with Gasteiger partial charge in [-0.05, 0) is 19.9 Å². The fraction of sp³-hybridized carbons (Fsp3) is 0.364. The Labute approximate surface area is 87.2 Å². The zero-order valence-electron chi connectivity index (χ0n) is 8.56. The van der Waals surface area contributed by atoms with Gasteiger partial charge in [-0.1, -0.05) is 0 Å². The van der Waals surface area contributed by atoms with Gasteiger partial charge in [0.1, 0.15) is 0 Å². The van der Waals surface area contributed by atoms with E-state index in [4.69, 9.17) is 0 Å². The van der Waals surface area contributed by atoms with Gasteiger partial charge in [0.25, 0.3) is 5.78 Å². The van der Waals surface area contributed by atoms with Crippen LogP contribution < -0.4 is 9.67 Å². The van der Waals surface area contributed by atoms with E-state index in [0.717, 1.165) is 11.1 Å². The molecule has 1 aromatic rings. The molecule has 15 heavy (non-hydrogen) atoms. The van der Waals surface area contributed by atoms with Crippen LogP contribution in [0.15, 0.2) is 18.5 Å². The van der Waals surface area contributed by atoms with Gasteiger partial charge in [-0.25, -0.2) is 0 Å². The van der Waals surface area contributed by atoms with Gasteiger partial charge in [0.05, 0.1) is 0 Å². The van der Waals surface area contributed by atoms with Crippen molar-refractivity contribution in [3.05, 3.63) is 29.6 Å². The number of hydrogen-bond donors (Lipinski definition) is 0. The quantitative estimate of drug-likeness (QED) is 0.437. The number of nitrogens with zero attached hydrogens (tertiary/aromatic N) is 1. The Hall–Kier alpha value is -1.55. The van der Waals surface area contributed by atoms with E-state index in [-0.39, 0.29) is 0 Å². The Morgan fingerprint density at radius 2 is 1.67 bits per heavy atom. The third-order valence-electron chi connectivity index (χ3n) is 2.54. The zero-order valence-corrected chi connectivity index (χ0v) is 8.56. The summed E-state index contributed by atoms with van der Waals surface area (Å²) in [6.07, 6.45) is 2.00. The minimum atomic E-state index is -1.43. The lowest BCUT2D eigenvalue weighted by molar-refractivity contribution is -0.735. The maximum Gasteiger partial charge on any atom is 0.264 e. The molecule has 0 radical (unpaired) electrons. The summed E-state index contributed by atoms with van der Waals surface area (Å²) in [5.41, 5.74) is 1.93. The molecule has 0 bridgehead atoms. The first-order chi connectivity index (χ1) is 7.00. The van der Waals surface area contributed by atoms with E-state index in [0.29, 0.717) is 0 Å². The van der Waals surface area contributed by atoms with Crippen LogP contribution in [-0.4, -0.2) is 17.7 Å². The fourth-order valence-corrected chi connectivity index (χ4v) is 1.86. The molecule has 0 aliphatic heterocycles. The highest BCUT2D eigenvalue weighted by molar-refractivity contribution is 6.46. The Bertz CT molecular complexity index is 433. The molecule has 1 saturated carbocycles. The second-order valence-electron chi connectivity index (χ2n) is 3.93. The summed E-state index contributed by atoms with van der Waals surface area (Å²) >= 11 is 0. The molecule has 0 spiro atoms. The molecule has 2 rings (SSSR count). The van der Waals surface area contributed by atoms with Crippen LogP contribution in [0.5, 0.6) is 0 Å². The van der Waals surface area contributed by atoms with Crippen molar-refractivity contribution < 1.29 is 19.3 Å². The minimum Gasteiger partial charge on any atom is -0.841 e. The second-order valence-corrected chi connectivity index (χ2v) is 3.93. The van der Waals surface area contributed by atoms with Crippen LogP contribution in [0, 0.1) is 13.8 Å². The summed E-state index contributed by atoms with van der Waals surface area (Å²) < 4.78 is 1.55. The smallest absolute Gasteiger partial charge is 0.264 e. The predicted octanol–water partition coefficient (Wildman–Crippen LogP) is -0.987. The summed E-state index contributed by atoms with van der Waals surface area (Å²) in [6.45, 7) is 3.77. The molecule has 1 heterocycles. The number of rotatable bonds is 1. The van der Waals surface area contributed by atoms with Gasteiger partial charge >= 0.3 is 0 Å². The van der Waals surface area contributed by atoms with Crippen LogP contribution >= 0.6 is 0 Å². The molecule has 1 aliphatic carbocycles. The van der Waals surface area contributed by atoms with Crippen molar-refractivity contribution in [2.24, 2.45) is 0 Å². The van der Waals surface area contributed by atoms with E-state index >= 15 is 0 Å². The average Bonchev–Trinajstić information content (AvgIpc) is 2.16. The molecule has 78 valence electrons. The highest BCUT2D eigenvalue weighted by Gasteiger charge is 2.48. The highest BCUT2D eigenvalue weighted by Crippen LogP contribution is 2.17. The van der Waals surface area contributed by atoms with E-state index in [1.807, 2.05) is 19.9 Å². The van der Waals surface area contributed by atoms with Crippen molar-refractivity contribution in [1.82, 2.24) is 0 Å². The van der Waals surface area contributed by atoms with Gasteiger partial charge in [-0.2, -0.15) is 4.57 Å². The Balaban J connectivity index is 2.39. The van der Waals surface area contributed by atoms with E-state index in [1.165, 1.54) is 0 Å². The van der Waals surface area contributed by atoms with Crippen LogP contribution in [0.25, 0.3) is 0 Å². The van der Waals surface area contributed by atoms with Crippen molar-refractivity contribution >= 4 is 11.6 Å². The van der Waals surface area contributed by atoms with E-state index in [9.17, 15) is 14.7 Å². The van der Waals surface area contributed by atoms with Gasteiger partial charge in [0.15, 0.2) is 18.2 Å². The summed E-state index contributed by atoms with van der Waals surface area (Å²) in [5.74, 6) is -1.38. The molecule has 4 heteroatoms. The molecular formula is C11H11NO3. The summed E-state index contributed by atoms with van der Waals surface area (Å²) in [4.78, 5) is 22.1. The lowest BCUT2D eigenvalue weighted by atomic mass is 9.85. The number of ketones is 2. The molecule has 0 N–H and O–H groups in total. The molecular weight excluding hydrogens is 194 g/mol. The minimum absolute atomic E-state index is 0.579. The van der Waals surface area contributed by atoms with Crippen LogP contribution in [-0.2, 0) is 9.59 Å². The maximum absolute atomic E-state index is 11.3. The number of Topliss-reactive ketones (excluding diaryl/α,β-unsaturated/α-hetero) is 2. The Morgan fingerprint density at radius 1 is 1.13 bits per heavy atom. The summed E-state index contributed by atoms with van der Waals surface area (Å²) in [5, 5.41) is 11.3. The normalized spacial score (nSPS) is 25.3. The number of pyridine rings is 1. The second kappa shape index (κ2) is 3.24. The molecule has 0 aromatic carbocycles. The molecule has 2 atom stereocenters. The SMILES string of the molecule is Cc1cc(C)c[n+](C2C(=O)C(=O)C2[O-])c1. The van der Waals surface area contributed by atoms with Crippen molar-refractivity contribution in [2.75, 3.05) is 0 Å². The topological polar surface area (TPSA) is 61.1 Å². The summed E-state index contributed by atoms with van der Waals surface area (Å²) in [7, 11) is 0. The van der Waals surface area contributed by atoms with Crippen molar-refractivity contribution in [3.8, 4) is 0 Å². The van der Waals surface area contributed by atoms with Crippen LogP contribution in [0.1, 0.15) is 17.2 Å². The molecule has 1 aromatic heterocycles. The predicted molar refractivity (Wildman–Crippen MR) is 49.0 cm³/mol. The molecule has 1 aliphatic rings. The lowest BCUT2D eigenvalue weighted by Gasteiger charge is -2.33. The Morgan fingerprint density at radius 3 is 2.13 bits per heavy atom. The molecule has 4 nitrogen and oxygen atoms in total. The largest absolute Gasteiger partial charge is 0.841 e. The maximum atomic E-state index is 11.3.